The summed E-state index contributed by atoms with van der Waals surface area (Å²) in [6.45, 7) is 2.75. The van der Waals surface area contributed by atoms with E-state index in [1.165, 1.54) is 57.4 Å². The summed E-state index contributed by atoms with van der Waals surface area (Å²) in [6.07, 6.45) is 20.3. The van der Waals surface area contributed by atoms with Crippen LogP contribution in [0, 0.1) is 0 Å². The summed E-state index contributed by atoms with van der Waals surface area (Å²) in [5, 5.41) is 2.83. The first-order chi connectivity index (χ1) is 14.3. The number of hydrogen-bond donors (Lipinski definition) is 1. The van der Waals surface area contributed by atoms with Gasteiger partial charge in [-0.1, -0.05) is 107 Å². The number of hydrogen-bond acceptors (Lipinski definition) is 2. The Morgan fingerprint density at radius 1 is 0.897 bits per heavy atom. The Hall–Kier alpha value is -2.38. The van der Waals surface area contributed by atoms with E-state index in [4.69, 9.17) is 0 Å². The third-order valence-corrected chi connectivity index (χ3v) is 4.84. The Balaban J connectivity index is 2.10. The highest BCUT2D eigenvalue weighted by molar-refractivity contribution is 5.87. The van der Waals surface area contributed by atoms with Crippen molar-refractivity contribution in [3.05, 3.63) is 65.8 Å². The molecule has 29 heavy (non-hydrogen) atoms. The van der Waals surface area contributed by atoms with E-state index >= 15 is 0 Å². The van der Waals surface area contributed by atoms with Crippen LogP contribution in [0.4, 0.5) is 0 Å². The molecule has 0 atom stereocenters. The molecule has 0 saturated carbocycles. The quantitative estimate of drug-likeness (QED) is 0.151. The lowest BCUT2D eigenvalue weighted by molar-refractivity contribution is -0.116. The summed E-state index contributed by atoms with van der Waals surface area (Å²) in [7, 11) is 0. The second kappa shape index (κ2) is 17.7. The summed E-state index contributed by atoms with van der Waals surface area (Å²) >= 11 is 0. The Labute approximate surface area is 177 Å². The predicted molar refractivity (Wildman–Crippen MR) is 122 cm³/mol. The number of allylic oxidation sites excluding steroid dienone is 4. The predicted octanol–water partition coefficient (Wildman–Crippen LogP) is 6.48. The minimum atomic E-state index is -0.155. The van der Waals surface area contributed by atoms with Gasteiger partial charge >= 0.3 is 0 Å². The summed E-state index contributed by atoms with van der Waals surface area (Å²) in [5.74, 6) is 1.81. The van der Waals surface area contributed by atoms with Crippen LogP contribution in [0.3, 0.4) is 0 Å². The topological polar surface area (TPSA) is 46.2 Å². The lowest BCUT2D eigenvalue weighted by Gasteiger charge is -2.01. The number of carbonyl (C=O) groups is 1. The Morgan fingerprint density at radius 3 is 2.21 bits per heavy atom. The van der Waals surface area contributed by atoms with E-state index in [1.807, 2.05) is 48.4 Å². The van der Waals surface area contributed by atoms with Crippen LogP contribution in [0.25, 0.3) is 0 Å². The molecule has 0 radical (unpaired) electrons. The molecule has 1 aromatic rings. The number of amides is 1. The zero-order chi connectivity index (χ0) is 21.0. The average molecular weight is 396 g/mol. The highest BCUT2D eigenvalue weighted by Crippen LogP contribution is 2.11. The second-order valence-electron chi connectivity index (χ2n) is 7.46. The van der Waals surface area contributed by atoms with Crippen molar-refractivity contribution in [3.63, 3.8) is 0 Å². The fourth-order valence-electron chi connectivity index (χ4n) is 3.08. The molecule has 0 heterocycles. The van der Waals surface area contributed by atoms with E-state index in [0.717, 1.165) is 18.4 Å². The van der Waals surface area contributed by atoms with Gasteiger partial charge in [0, 0.05) is 18.5 Å². The molecule has 0 aliphatic carbocycles. The summed E-state index contributed by atoms with van der Waals surface area (Å²) < 4.78 is 0. The lowest BCUT2D eigenvalue weighted by atomic mass is 10.1. The normalized spacial score (nSPS) is 11.1. The molecule has 0 aliphatic heterocycles. The van der Waals surface area contributed by atoms with Gasteiger partial charge in [0.05, 0.1) is 0 Å². The van der Waals surface area contributed by atoms with Gasteiger partial charge in [0.15, 0.2) is 0 Å². The van der Waals surface area contributed by atoms with Crippen molar-refractivity contribution in [2.75, 3.05) is 0 Å². The first kappa shape index (κ1) is 24.7. The van der Waals surface area contributed by atoms with Crippen LogP contribution in [0.1, 0.15) is 83.1 Å². The Morgan fingerprint density at radius 2 is 1.55 bits per heavy atom. The van der Waals surface area contributed by atoms with Crippen LogP contribution >= 0.6 is 0 Å². The van der Waals surface area contributed by atoms with E-state index < -0.39 is 0 Å². The van der Waals surface area contributed by atoms with Crippen molar-refractivity contribution in [2.45, 2.75) is 84.1 Å². The van der Waals surface area contributed by atoms with E-state index in [2.05, 4.69) is 12.2 Å². The van der Waals surface area contributed by atoms with E-state index in [9.17, 15) is 9.59 Å². The largest absolute Gasteiger partial charge is 0.348 e. The summed E-state index contributed by atoms with van der Waals surface area (Å²) in [6, 6.07) is 9.77. The zero-order valence-corrected chi connectivity index (χ0v) is 18.0. The van der Waals surface area contributed by atoms with Crippen molar-refractivity contribution < 1.29 is 9.59 Å². The van der Waals surface area contributed by atoms with Crippen molar-refractivity contribution >= 4 is 11.8 Å². The van der Waals surface area contributed by atoms with E-state index in [-0.39, 0.29) is 5.91 Å². The van der Waals surface area contributed by atoms with E-state index in [0.29, 0.717) is 18.5 Å². The smallest absolute Gasteiger partial charge is 0.243 e. The van der Waals surface area contributed by atoms with E-state index in [1.54, 1.807) is 6.08 Å². The highest BCUT2D eigenvalue weighted by atomic mass is 16.1. The first-order valence-corrected chi connectivity index (χ1v) is 11.1. The third kappa shape index (κ3) is 14.3. The molecular formula is C26H37NO2. The number of unbranched alkanes of at least 4 members (excludes halogenated alkanes) is 9. The number of benzene rings is 1. The van der Waals surface area contributed by atoms with Crippen molar-refractivity contribution in [3.8, 4) is 0 Å². The maximum absolute atomic E-state index is 11.8. The first-order valence-electron chi connectivity index (χ1n) is 11.1. The molecule has 1 aromatic carbocycles. The van der Waals surface area contributed by atoms with Gasteiger partial charge in [-0.2, -0.15) is 0 Å². The molecule has 1 N–H and O–H groups in total. The molecule has 3 nitrogen and oxygen atoms in total. The van der Waals surface area contributed by atoms with Crippen LogP contribution < -0.4 is 5.32 Å². The number of rotatable bonds is 16. The molecule has 3 heteroatoms. The highest BCUT2D eigenvalue weighted by Gasteiger charge is 1.97. The molecular weight excluding hydrogens is 358 g/mol. The number of nitrogens with one attached hydrogen (secondary N) is 1. The molecule has 0 fully saturated rings. The van der Waals surface area contributed by atoms with Crippen molar-refractivity contribution in [1.29, 1.82) is 0 Å². The van der Waals surface area contributed by atoms with Gasteiger partial charge in [0.25, 0.3) is 0 Å². The van der Waals surface area contributed by atoms with Crippen LogP contribution in [-0.2, 0) is 16.1 Å². The van der Waals surface area contributed by atoms with Crippen LogP contribution in [0.15, 0.2) is 60.2 Å². The third-order valence-electron chi connectivity index (χ3n) is 4.84. The second-order valence-corrected chi connectivity index (χ2v) is 7.46. The maximum atomic E-state index is 11.8. The van der Waals surface area contributed by atoms with Gasteiger partial charge < -0.3 is 5.32 Å². The molecule has 0 bridgehead atoms. The van der Waals surface area contributed by atoms with Crippen molar-refractivity contribution in [1.82, 2.24) is 5.32 Å². The molecule has 0 saturated heterocycles. The average Bonchev–Trinajstić information content (AvgIpc) is 2.75. The van der Waals surface area contributed by atoms with Gasteiger partial charge in [-0.25, -0.2) is 4.79 Å². The maximum Gasteiger partial charge on any atom is 0.243 e. The molecule has 0 spiro atoms. The molecule has 0 aliphatic rings. The van der Waals surface area contributed by atoms with Crippen molar-refractivity contribution in [2.24, 2.45) is 0 Å². The standard InChI is InChI=1S/C26H37NO2/c1-2-3-4-5-6-7-8-9-10-11-13-19-25(23-28)20-16-21-26(29)27-22-24-17-14-12-15-18-24/h12-19,21H,2-11,20,22H2,1H3,(H,27,29). The fraction of sp³-hybridized carbons (Fsp3) is 0.500. The van der Waals surface area contributed by atoms with Crippen LogP contribution in [0.2, 0.25) is 0 Å². The van der Waals surface area contributed by atoms with Gasteiger partial charge in [-0.3, -0.25) is 4.79 Å². The molecule has 0 unspecified atom stereocenters. The van der Waals surface area contributed by atoms with Crippen LogP contribution in [0.5, 0.6) is 0 Å². The Bertz CT molecular complexity index is 655. The van der Waals surface area contributed by atoms with Gasteiger partial charge in [0.2, 0.25) is 5.91 Å². The summed E-state index contributed by atoms with van der Waals surface area (Å²) in [5.41, 5.74) is 1.63. The fourth-order valence-corrected chi connectivity index (χ4v) is 3.08. The van der Waals surface area contributed by atoms with Gasteiger partial charge in [-0.15, -0.1) is 0 Å². The zero-order valence-electron chi connectivity index (χ0n) is 18.0. The SMILES string of the molecule is CCCCCCCCCCCC=CC(=C=O)CC=CC(=O)NCc1ccccc1. The molecule has 1 amide bonds. The molecule has 158 valence electrons. The minimum absolute atomic E-state index is 0.155. The van der Waals surface area contributed by atoms with Crippen LogP contribution in [-0.4, -0.2) is 11.8 Å². The van der Waals surface area contributed by atoms with Gasteiger partial charge in [0.1, 0.15) is 5.94 Å². The lowest BCUT2D eigenvalue weighted by Crippen LogP contribution is -2.20. The minimum Gasteiger partial charge on any atom is -0.348 e. The summed E-state index contributed by atoms with van der Waals surface area (Å²) in [4.78, 5) is 22.9. The van der Waals surface area contributed by atoms with Gasteiger partial charge in [-0.05, 0) is 24.5 Å². The molecule has 1 rings (SSSR count). The molecule has 0 aromatic heterocycles. The number of carbonyl (C=O) groups excluding carboxylic acids is 2. The monoisotopic (exact) mass is 395 g/mol. The Kier molecular flexibility index (Phi) is 15.1.